The van der Waals surface area contributed by atoms with Gasteiger partial charge in [-0.05, 0) is 55.6 Å². The van der Waals surface area contributed by atoms with Crippen molar-refractivity contribution in [3.63, 3.8) is 0 Å². The van der Waals surface area contributed by atoms with Crippen LogP contribution in [0, 0.1) is 34.5 Å². The molecular formula is C22H30O5. The molecule has 0 aromatic heterocycles. The fourth-order valence-electron chi connectivity index (χ4n) is 7.34. The molecule has 0 heterocycles. The zero-order valence-electron chi connectivity index (χ0n) is 16.3. The molecule has 0 spiro atoms. The molecule has 4 aliphatic carbocycles. The molecule has 0 unspecified atom stereocenters. The number of carbonyl (C=O) groups is 2. The zero-order chi connectivity index (χ0) is 19.8. The topological polar surface area (TPSA) is 94.8 Å². The Hall–Kier alpha value is -1.30. The highest BCUT2D eigenvalue weighted by Gasteiger charge is 2.68. The van der Waals surface area contributed by atoms with Crippen LogP contribution in [0.15, 0.2) is 23.8 Å². The van der Waals surface area contributed by atoms with Gasteiger partial charge in [0.15, 0.2) is 11.6 Å². The van der Waals surface area contributed by atoms with Crippen molar-refractivity contribution < 1.29 is 24.9 Å². The normalized spacial score (nSPS) is 51.3. The highest BCUT2D eigenvalue weighted by Crippen LogP contribution is 2.67. The lowest BCUT2D eigenvalue weighted by Gasteiger charge is -2.60. The Labute approximate surface area is 160 Å². The average Bonchev–Trinajstić information content (AvgIpc) is 2.87. The van der Waals surface area contributed by atoms with Gasteiger partial charge < -0.3 is 15.3 Å². The molecule has 5 nitrogen and oxygen atoms in total. The van der Waals surface area contributed by atoms with Crippen LogP contribution in [0.5, 0.6) is 0 Å². The van der Waals surface area contributed by atoms with Crippen molar-refractivity contribution in [2.45, 2.75) is 58.2 Å². The monoisotopic (exact) mass is 374 g/mol. The third kappa shape index (κ3) is 2.28. The Morgan fingerprint density at radius 3 is 2.70 bits per heavy atom. The maximum absolute atomic E-state index is 12.4. The van der Waals surface area contributed by atoms with Gasteiger partial charge in [-0.3, -0.25) is 9.59 Å². The number of Topliss-reactive ketones (excluding diaryl/α,β-unsaturated/α-hetero) is 1. The van der Waals surface area contributed by atoms with Gasteiger partial charge in [0.1, 0.15) is 12.2 Å². The van der Waals surface area contributed by atoms with E-state index in [1.165, 1.54) is 0 Å². The maximum atomic E-state index is 12.4. The first-order valence-corrected chi connectivity index (χ1v) is 10.1. The van der Waals surface area contributed by atoms with Gasteiger partial charge in [0, 0.05) is 16.7 Å². The van der Waals surface area contributed by atoms with E-state index in [0.717, 1.165) is 18.4 Å². The van der Waals surface area contributed by atoms with Crippen molar-refractivity contribution in [2.24, 2.45) is 34.5 Å². The van der Waals surface area contributed by atoms with Crippen molar-refractivity contribution in [1.82, 2.24) is 0 Å². The van der Waals surface area contributed by atoms with E-state index < -0.39 is 29.5 Å². The standard InChI is InChI=1S/C22H30O5/c1-12-8-14-15-5-7-22(27,18(26)11-23)21(15,3)10-17(25)19(14)20(2)6-4-13(24)9-16(12)20/h4,6,9,12,14-15,17,19,23,25,27H,5,7-8,10-11H2,1-3H3/t12-,14+,15+,17-,19-,20-,21+,22+/m0/s1. The molecule has 4 rings (SSSR count). The number of aliphatic hydroxyl groups excluding tert-OH is 2. The quantitative estimate of drug-likeness (QED) is 0.685. The SMILES string of the molecule is C[C@H]1C[C@H]2[C@@H]([C@@H](O)C[C@]3(C)[C@@H]2CC[C@@]3(O)C(=O)CO)[C@@]2(C)C=CC(=O)C=C12. The van der Waals surface area contributed by atoms with Gasteiger partial charge >= 0.3 is 0 Å². The molecule has 148 valence electrons. The molecule has 0 bridgehead atoms. The zero-order valence-corrected chi connectivity index (χ0v) is 16.3. The first-order valence-electron chi connectivity index (χ1n) is 10.1. The number of hydrogen-bond donors (Lipinski definition) is 3. The number of rotatable bonds is 2. The van der Waals surface area contributed by atoms with Crippen LogP contribution in [0.1, 0.15) is 46.5 Å². The third-order valence-corrected chi connectivity index (χ3v) is 8.57. The van der Waals surface area contributed by atoms with E-state index in [4.69, 9.17) is 0 Å². The van der Waals surface area contributed by atoms with Crippen LogP contribution in [-0.2, 0) is 9.59 Å². The lowest BCUT2D eigenvalue weighted by Crippen LogP contribution is -2.62. The van der Waals surface area contributed by atoms with E-state index >= 15 is 0 Å². The minimum Gasteiger partial charge on any atom is -0.393 e. The van der Waals surface area contributed by atoms with Crippen molar-refractivity contribution >= 4 is 11.6 Å². The Balaban J connectivity index is 1.78. The van der Waals surface area contributed by atoms with Crippen LogP contribution in [0.3, 0.4) is 0 Å². The molecule has 4 aliphatic rings. The highest BCUT2D eigenvalue weighted by atomic mass is 16.3. The lowest BCUT2D eigenvalue weighted by atomic mass is 9.45. The van der Waals surface area contributed by atoms with E-state index in [-0.39, 0.29) is 34.9 Å². The number of carbonyl (C=O) groups excluding carboxylic acids is 2. The minimum atomic E-state index is -1.57. The van der Waals surface area contributed by atoms with Gasteiger partial charge in [-0.1, -0.05) is 32.4 Å². The molecule has 0 amide bonds. The van der Waals surface area contributed by atoms with E-state index in [1.54, 1.807) is 12.2 Å². The van der Waals surface area contributed by atoms with E-state index in [2.05, 4.69) is 13.8 Å². The van der Waals surface area contributed by atoms with E-state index in [9.17, 15) is 24.9 Å². The summed E-state index contributed by atoms with van der Waals surface area (Å²) in [6, 6.07) is 0. The summed E-state index contributed by atoms with van der Waals surface area (Å²) in [6.07, 6.45) is 6.87. The van der Waals surface area contributed by atoms with Crippen molar-refractivity contribution in [3.05, 3.63) is 23.8 Å². The second-order valence-electron chi connectivity index (χ2n) is 9.72. The second kappa shape index (κ2) is 5.85. The predicted molar refractivity (Wildman–Crippen MR) is 99.6 cm³/mol. The molecule has 5 heteroatoms. The summed E-state index contributed by atoms with van der Waals surface area (Å²) in [4.78, 5) is 24.4. The summed E-state index contributed by atoms with van der Waals surface area (Å²) < 4.78 is 0. The van der Waals surface area contributed by atoms with E-state index in [0.29, 0.717) is 12.8 Å². The van der Waals surface area contributed by atoms with Gasteiger partial charge in [-0.25, -0.2) is 0 Å². The molecule has 0 saturated heterocycles. The molecule has 0 aromatic carbocycles. The molecule has 27 heavy (non-hydrogen) atoms. The van der Waals surface area contributed by atoms with Crippen molar-refractivity contribution in [3.8, 4) is 0 Å². The summed E-state index contributed by atoms with van der Waals surface area (Å²) in [7, 11) is 0. The molecule has 0 aromatic rings. The van der Waals surface area contributed by atoms with Crippen molar-refractivity contribution in [1.29, 1.82) is 0 Å². The Morgan fingerprint density at radius 2 is 2.04 bits per heavy atom. The van der Waals surface area contributed by atoms with Gasteiger partial charge in [0.2, 0.25) is 0 Å². The molecule has 8 atom stereocenters. The van der Waals surface area contributed by atoms with Gasteiger partial charge in [-0.2, -0.15) is 0 Å². The second-order valence-corrected chi connectivity index (χ2v) is 9.72. The molecule has 0 radical (unpaired) electrons. The Morgan fingerprint density at radius 1 is 1.33 bits per heavy atom. The minimum absolute atomic E-state index is 0.00620. The summed E-state index contributed by atoms with van der Waals surface area (Å²) in [6.45, 7) is 5.48. The first kappa shape index (κ1) is 19.0. The lowest BCUT2D eigenvalue weighted by molar-refractivity contribution is -0.180. The van der Waals surface area contributed by atoms with E-state index in [1.807, 2.05) is 13.0 Å². The first-order chi connectivity index (χ1) is 12.6. The number of hydrogen-bond acceptors (Lipinski definition) is 5. The molecule has 3 saturated carbocycles. The summed E-state index contributed by atoms with van der Waals surface area (Å²) >= 11 is 0. The summed E-state index contributed by atoms with van der Waals surface area (Å²) in [5, 5.41) is 31.9. The number of fused-ring (bicyclic) bond motifs is 5. The van der Waals surface area contributed by atoms with Crippen LogP contribution in [0.2, 0.25) is 0 Å². The highest BCUT2D eigenvalue weighted by molar-refractivity contribution is 6.01. The molecule has 3 N–H and O–H groups in total. The van der Waals surface area contributed by atoms with Gasteiger partial charge in [0.05, 0.1) is 6.10 Å². The smallest absolute Gasteiger partial charge is 0.190 e. The molecule has 3 fully saturated rings. The fraction of sp³-hybridized carbons (Fsp3) is 0.727. The van der Waals surface area contributed by atoms with Crippen LogP contribution in [0.25, 0.3) is 0 Å². The average molecular weight is 374 g/mol. The fourth-order valence-corrected chi connectivity index (χ4v) is 7.34. The van der Waals surface area contributed by atoms with Crippen LogP contribution in [-0.4, -0.2) is 45.2 Å². The number of ketones is 2. The predicted octanol–water partition coefficient (Wildman–Crippen LogP) is 1.80. The summed E-state index contributed by atoms with van der Waals surface area (Å²) in [5.41, 5.74) is -1.59. The number of allylic oxidation sites excluding steroid dienone is 4. The largest absolute Gasteiger partial charge is 0.393 e. The number of aliphatic hydroxyl groups is 3. The van der Waals surface area contributed by atoms with Crippen LogP contribution < -0.4 is 0 Å². The Kier molecular flexibility index (Phi) is 4.12. The molecular weight excluding hydrogens is 344 g/mol. The van der Waals surface area contributed by atoms with Crippen LogP contribution in [0.4, 0.5) is 0 Å². The third-order valence-electron chi connectivity index (χ3n) is 8.57. The van der Waals surface area contributed by atoms with Gasteiger partial charge in [0.25, 0.3) is 0 Å². The van der Waals surface area contributed by atoms with Crippen LogP contribution >= 0.6 is 0 Å². The summed E-state index contributed by atoms with van der Waals surface area (Å²) in [5.74, 6) is -0.0768. The van der Waals surface area contributed by atoms with Crippen molar-refractivity contribution in [2.75, 3.05) is 6.61 Å². The maximum Gasteiger partial charge on any atom is 0.190 e. The van der Waals surface area contributed by atoms with Gasteiger partial charge in [-0.15, -0.1) is 0 Å². The molecule has 0 aliphatic heterocycles. The Bertz CT molecular complexity index is 754.